The molecule has 1 aromatic rings. The number of likely N-dealkylation sites (tertiary alicyclic amines) is 1. The highest BCUT2D eigenvalue weighted by atomic mass is 32.2. The lowest BCUT2D eigenvalue weighted by Gasteiger charge is -2.24. The molecule has 1 fully saturated rings. The minimum atomic E-state index is -2.88. The third kappa shape index (κ3) is 4.50. The van der Waals surface area contributed by atoms with Crippen LogP contribution < -0.4 is 0 Å². The average molecular weight is 329 g/mol. The average Bonchev–Trinajstić information content (AvgIpc) is 3.03. The molecule has 1 saturated heterocycles. The standard InChI is InChI=1S/C14H27N5O2S/c1-5-19-12(2)15-16-14(19)11-17(3)13-6-7-18(10-13)8-9-22(4,20)21/h13H,5-11H2,1-4H3/t13-/m1/s1. The number of nitrogens with zero attached hydrogens (tertiary/aromatic N) is 5. The molecule has 0 radical (unpaired) electrons. The van der Waals surface area contributed by atoms with Gasteiger partial charge in [-0.1, -0.05) is 0 Å². The van der Waals surface area contributed by atoms with E-state index in [1.165, 1.54) is 6.26 Å². The van der Waals surface area contributed by atoms with Gasteiger partial charge in [-0.3, -0.25) is 4.90 Å². The number of hydrogen-bond donors (Lipinski definition) is 0. The summed E-state index contributed by atoms with van der Waals surface area (Å²) < 4.78 is 24.7. The van der Waals surface area contributed by atoms with Crippen LogP contribution in [-0.4, -0.2) is 77.7 Å². The van der Waals surface area contributed by atoms with Crippen molar-refractivity contribution in [3.05, 3.63) is 11.6 Å². The van der Waals surface area contributed by atoms with E-state index in [1.54, 1.807) is 0 Å². The summed E-state index contributed by atoms with van der Waals surface area (Å²) >= 11 is 0. The number of rotatable bonds is 7. The summed E-state index contributed by atoms with van der Waals surface area (Å²) in [5.74, 6) is 2.19. The molecular weight excluding hydrogens is 302 g/mol. The van der Waals surface area contributed by atoms with Crippen LogP contribution in [0, 0.1) is 6.92 Å². The van der Waals surface area contributed by atoms with E-state index in [-0.39, 0.29) is 5.75 Å². The van der Waals surface area contributed by atoms with E-state index >= 15 is 0 Å². The molecule has 0 N–H and O–H groups in total. The fraction of sp³-hybridized carbons (Fsp3) is 0.857. The Hall–Kier alpha value is -0.990. The molecule has 0 saturated carbocycles. The minimum Gasteiger partial charge on any atom is -0.314 e. The maximum atomic E-state index is 11.3. The molecule has 2 heterocycles. The predicted octanol–water partition coefficient (Wildman–Crippen LogP) is 0.157. The minimum absolute atomic E-state index is 0.243. The summed E-state index contributed by atoms with van der Waals surface area (Å²) in [4.78, 5) is 4.54. The molecule has 0 aromatic carbocycles. The summed E-state index contributed by atoms with van der Waals surface area (Å²) in [5, 5.41) is 8.41. The Balaban J connectivity index is 1.87. The fourth-order valence-electron chi connectivity index (χ4n) is 2.98. The third-order valence-corrected chi connectivity index (χ3v) is 5.29. The van der Waals surface area contributed by atoms with E-state index in [2.05, 4.69) is 38.5 Å². The van der Waals surface area contributed by atoms with Gasteiger partial charge in [0.2, 0.25) is 0 Å². The van der Waals surface area contributed by atoms with Crippen molar-refractivity contribution in [3.63, 3.8) is 0 Å². The molecule has 0 spiro atoms. The summed E-state index contributed by atoms with van der Waals surface area (Å²) in [5.41, 5.74) is 0. The lowest BCUT2D eigenvalue weighted by atomic mass is 10.2. The Morgan fingerprint density at radius 2 is 2.09 bits per heavy atom. The zero-order valence-electron chi connectivity index (χ0n) is 14.0. The smallest absolute Gasteiger partial charge is 0.148 e. The second-order valence-corrected chi connectivity index (χ2v) is 8.46. The van der Waals surface area contributed by atoms with Gasteiger partial charge in [0.05, 0.1) is 12.3 Å². The Kier molecular flexibility index (Phi) is 5.57. The lowest BCUT2D eigenvalue weighted by molar-refractivity contribution is 0.220. The number of sulfone groups is 1. The van der Waals surface area contributed by atoms with Gasteiger partial charge in [-0.15, -0.1) is 10.2 Å². The van der Waals surface area contributed by atoms with Gasteiger partial charge in [0.15, 0.2) is 0 Å². The molecule has 22 heavy (non-hydrogen) atoms. The highest BCUT2D eigenvalue weighted by Crippen LogP contribution is 2.16. The Morgan fingerprint density at radius 1 is 1.36 bits per heavy atom. The van der Waals surface area contributed by atoms with E-state index in [1.807, 2.05) is 6.92 Å². The summed E-state index contributed by atoms with van der Waals surface area (Å²) in [6, 6.07) is 0.446. The van der Waals surface area contributed by atoms with Crippen molar-refractivity contribution in [2.24, 2.45) is 0 Å². The van der Waals surface area contributed by atoms with Gasteiger partial charge < -0.3 is 9.47 Å². The van der Waals surface area contributed by atoms with Crippen molar-refractivity contribution >= 4 is 9.84 Å². The molecule has 1 aliphatic rings. The van der Waals surface area contributed by atoms with E-state index in [0.29, 0.717) is 12.6 Å². The topological polar surface area (TPSA) is 71.3 Å². The third-order valence-electron chi connectivity index (χ3n) is 4.37. The summed E-state index contributed by atoms with van der Waals surface area (Å²) in [7, 11) is -0.775. The SMILES string of the molecule is CCn1c(C)nnc1CN(C)[C@@H]1CCN(CCS(C)(=O)=O)C1. The maximum absolute atomic E-state index is 11.3. The van der Waals surface area contributed by atoms with Crippen molar-refractivity contribution in [2.75, 3.05) is 38.7 Å². The first-order chi connectivity index (χ1) is 10.3. The van der Waals surface area contributed by atoms with Crippen molar-refractivity contribution in [1.29, 1.82) is 0 Å². The first-order valence-corrected chi connectivity index (χ1v) is 9.85. The van der Waals surface area contributed by atoms with E-state index < -0.39 is 9.84 Å². The molecule has 126 valence electrons. The first kappa shape index (κ1) is 17.4. The molecule has 0 aliphatic carbocycles. The molecular formula is C14H27N5O2S. The fourth-order valence-corrected chi connectivity index (χ4v) is 3.57. The number of aryl methyl sites for hydroxylation is 1. The quantitative estimate of drug-likeness (QED) is 0.709. The summed E-state index contributed by atoms with van der Waals surface area (Å²) in [6.07, 6.45) is 2.37. The van der Waals surface area contributed by atoms with Gasteiger partial charge in [0.25, 0.3) is 0 Å². The largest absolute Gasteiger partial charge is 0.314 e. The lowest BCUT2D eigenvalue weighted by Crippen LogP contribution is -2.36. The van der Waals surface area contributed by atoms with E-state index in [0.717, 1.165) is 44.2 Å². The van der Waals surface area contributed by atoms with Crippen LogP contribution in [0.2, 0.25) is 0 Å². The molecule has 0 unspecified atom stereocenters. The first-order valence-electron chi connectivity index (χ1n) is 7.79. The van der Waals surface area contributed by atoms with Crippen LogP contribution in [0.4, 0.5) is 0 Å². The van der Waals surface area contributed by atoms with E-state index in [4.69, 9.17) is 0 Å². The van der Waals surface area contributed by atoms with Gasteiger partial charge in [0.1, 0.15) is 21.5 Å². The molecule has 7 nitrogen and oxygen atoms in total. The Bertz CT molecular complexity index is 598. The van der Waals surface area contributed by atoms with Crippen LogP contribution in [-0.2, 0) is 22.9 Å². The highest BCUT2D eigenvalue weighted by molar-refractivity contribution is 7.90. The second kappa shape index (κ2) is 7.06. The Labute approximate surface area is 133 Å². The van der Waals surface area contributed by atoms with E-state index in [9.17, 15) is 8.42 Å². The molecule has 1 aliphatic heterocycles. The summed E-state index contributed by atoms with van der Waals surface area (Å²) in [6.45, 7) is 8.25. The number of aromatic nitrogens is 3. The van der Waals surface area contributed by atoms with Crippen molar-refractivity contribution in [3.8, 4) is 0 Å². The van der Waals surface area contributed by atoms with Crippen molar-refractivity contribution < 1.29 is 8.42 Å². The predicted molar refractivity (Wildman–Crippen MR) is 86.5 cm³/mol. The molecule has 0 bridgehead atoms. The molecule has 1 atom stereocenters. The second-order valence-electron chi connectivity index (χ2n) is 6.20. The highest BCUT2D eigenvalue weighted by Gasteiger charge is 2.27. The van der Waals surface area contributed by atoms with Gasteiger partial charge >= 0.3 is 0 Å². The zero-order valence-corrected chi connectivity index (χ0v) is 14.8. The normalized spacial score (nSPS) is 20.1. The van der Waals surface area contributed by atoms with Gasteiger partial charge in [-0.2, -0.15) is 0 Å². The zero-order chi connectivity index (χ0) is 16.3. The van der Waals surface area contributed by atoms with Gasteiger partial charge in [-0.05, 0) is 33.9 Å². The van der Waals surface area contributed by atoms with Gasteiger partial charge in [0, 0.05) is 31.9 Å². The maximum Gasteiger partial charge on any atom is 0.148 e. The number of hydrogen-bond acceptors (Lipinski definition) is 6. The molecule has 0 amide bonds. The molecule has 1 aromatic heterocycles. The van der Waals surface area contributed by atoms with Crippen LogP contribution in [0.5, 0.6) is 0 Å². The van der Waals surface area contributed by atoms with Crippen LogP contribution in [0.1, 0.15) is 25.0 Å². The van der Waals surface area contributed by atoms with Crippen LogP contribution in [0.15, 0.2) is 0 Å². The van der Waals surface area contributed by atoms with Crippen LogP contribution in [0.25, 0.3) is 0 Å². The van der Waals surface area contributed by atoms with Crippen LogP contribution in [0.3, 0.4) is 0 Å². The number of likely N-dealkylation sites (N-methyl/N-ethyl adjacent to an activating group) is 1. The Morgan fingerprint density at radius 3 is 2.73 bits per heavy atom. The van der Waals surface area contributed by atoms with Crippen molar-refractivity contribution in [2.45, 2.75) is 39.4 Å². The monoisotopic (exact) mass is 329 g/mol. The van der Waals surface area contributed by atoms with Gasteiger partial charge in [-0.25, -0.2) is 8.42 Å². The van der Waals surface area contributed by atoms with Crippen molar-refractivity contribution in [1.82, 2.24) is 24.6 Å². The van der Waals surface area contributed by atoms with Crippen LogP contribution >= 0.6 is 0 Å². The molecule has 8 heteroatoms. The molecule has 2 rings (SSSR count).